The predicted octanol–water partition coefficient (Wildman–Crippen LogP) is -5.11. The highest BCUT2D eigenvalue weighted by molar-refractivity contribution is 7.82. The molecule has 0 radical (unpaired) electrons. The molecular formula is C11H20O27S6. The van der Waals surface area contributed by atoms with Crippen molar-refractivity contribution >= 4 is 62.4 Å². The standard InChI is InChI=1S/C11H20O27S6/c12-39(13,14)31-2-4-7(8(36-42(21,22)23)5(33-4)3-32-40(15,16)17)34-11-10(38-44(27,28)29)9(37-43(24,25)26)6(1-30-11)35-41(18,19)20/h4-11H,1-3H2,(H,12,13,14)(H,15,16,17)(H,18,19,20)(H,21,22,23)(H,24,25,26)(H,27,28,29)/t4-,5-,6-,7-,8-,9-,10+,11-/m1/s1. The molecule has 33 heteroatoms. The Balaban J connectivity index is 2.62. The van der Waals surface area contributed by atoms with Gasteiger partial charge in [0, 0.05) is 0 Å². The van der Waals surface area contributed by atoms with Gasteiger partial charge in [0.05, 0.1) is 19.8 Å². The predicted molar refractivity (Wildman–Crippen MR) is 124 cm³/mol. The van der Waals surface area contributed by atoms with Crippen LogP contribution < -0.4 is 0 Å². The van der Waals surface area contributed by atoms with Crippen molar-refractivity contribution in [3.05, 3.63) is 0 Å². The molecule has 2 rings (SSSR count). The van der Waals surface area contributed by atoms with E-state index in [4.69, 9.17) is 32.4 Å². The van der Waals surface area contributed by atoms with Crippen LogP contribution in [0.25, 0.3) is 0 Å². The van der Waals surface area contributed by atoms with Crippen LogP contribution >= 0.6 is 0 Å². The quantitative estimate of drug-likeness (QED) is 0.0798. The summed E-state index contributed by atoms with van der Waals surface area (Å²) in [5, 5.41) is 0. The molecule has 2 heterocycles. The molecule has 44 heavy (non-hydrogen) atoms. The van der Waals surface area contributed by atoms with Gasteiger partial charge >= 0.3 is 62.4 Å². The first-order valence-electron chi connectivity index (χ1n) is 10.3. The zero-order valence-electron chi connectivity index (χ0n) is 20.4. The fraction of sp³-hybridized carbons (Fsp3) is 1.00. The van der Waals surface area contributed by atoms with Gasteiger partial charge in [0.2, 0.25) is 0 Å². The topological polar surface area (TPSA) is 409 Å². The van der Waals surface area contributed by atoms with Gasteiger partial charge in [0.25, 0.3) is 0 Å². The van der Waals surface area contributed by atoms with Crippen LogP contribution in [0.2, 0.25) is 0 Å². The molecule has 2 saturated heterocycles. The van der Waals surface area contributed by atoms with Crippen molar-refractivity contribution in [1.29, 1.82) is 0 Å². The second-order valence-electron chi connectivity index (χ2n) is 7.97. The Morgan fingerprint density at radius 3 is 1.30 bits per heavy atom. The van der Waals surface area contributed by atoms with Gasteiger partial charge in [0.15, 0.2) is 12.4 Å². The molecule has 0 unspecified atom stereocenters. The van der Waals surface area contributed by atoms with Crippen molar-refractivity contribution in [2.75, 3.05) is 19.8 Å². The van der Waals surface area contributed by atoms with E-state index < -0.39 is 131 Å². The highest BCUT2D eigenvalue weighted by atomic mass is 32.3. The molecule has 2 aliphatic rings. The maximum atomic E-state index is 11.5. The summed E-state index contributed by atoms with van der Waals surface area (Å²) in [6, 6.07) is 0. The van der Waals surface area contributed by atoms with Gasteiger partial charge in [-0.3, -0.25) is 27.3 Å². The monoisotopic (exact) mass is 776 g/mol. The van der Waals surface area contributed by atoms with Gasteiger partial charge in [-0.05, 0) is 0 Å². The average molecular weight is 777 g/mol. The van der Waals surface area contributed by atoms with Gasteiger partial charge in [0.1, 0.15) is 36.6 Å². The first kappa shape index (κ1) is 39.3. The SMILES string of the molecule is O=S(=O)(O)OC[C@H]1O[C@H](COS(=O)(=O)O)[C@@H](OS(=O)(=O)O)[C@@H]1O[C@H]1OC[C@@H](OS(=O)(=O)O)[C@@H](OS(=O)(=O)O)[C@@H]1OS(=O)(=O)O. The molecule has 27 nitrogen and oxygen atoms in total. The summed E-state index contributed by atoms with van der Waals surface area (Å²) < 4.78 is 230. The van der Waals surface area contributed by atoms with Crippen molar-refractivity contribution in [2.24, 2.45) is 0 Å². The minimum absolute atomic E-state index is 1.32. The molecule has 0 aliphatic carbocycles. The number of hydrogen-bond donors (Lipinski definition) is 6. The lowest BCUT2D eigenvalue weighted by Crippen LogP contribution is -2.60. The largest absolute Gasteiger partial charge is 0.397 e. The van der Waals surface area contributed by atoms with E-state index in [9.17, 15) is 59.6 Å². The Kier molecular flexibility index (Phi) is 12.6. The summed E-state index contributed by atoms with van der Waals surface area (Å²) in [5.74, 6) is 0. The number of hydrogen-bond acceptors (Lipinski definition) is 21. The second-order valence-corrected chi connectivity index (χ2v) is 14.3. The fourth-order valence-corrected chi connectivity index (χ4v) is 6.15. The molecule has 0 bridgehead atoms. The Morgan fingerprint density at radius 2 is 0.886 bits per heavy atom. The maximum Gasteiger partial charge on any atom is 0.397 e. The highest BCUT2D eigenvalue weighted by Crippen LogP contribution is 2.34. The summed E-state index contributed by atoms with van der Waals surface area (Å²) in [5.41, 5.74) is 0. The minimum atomic E-state index is -5.80. The van der Waals surface area contributed by atoms with Crippen LogP contribution in [0.4, 0.5) is 0 Å². The Bertz CT molecular complexity index is 1660. The lowest BCUT2D eigenvalue weighted by Gasteiger charge is -2.40. The van der Waals surface area contributed by atoms with Crippen molar-refractivity contribution < 1.29 is 117 Å². The van der Waals surface area contributed by atoms with Crippen molar-refractivity contribution in [2.45, 2.75) is 49.0 Å². The number of rotatable bonds is 16. The number of ether oxygens (including phenoxy) is 3. The highest BCUT2D eigenvalue weighted by Gasteiger charge is 2.55. The third-order valence-electron chi connectivity index (χ3n) is 4.79. The molecule has 0 aromatic carbocycles. The molecule has 0 aromatic rings. The van der Waals surface area contributed by atoms with Crippen molar-refractivity contribution in [1.82, 2.24) is 0 Å². The normalized spacial score (nSPS) is 31.2. The van der Waals surface area contributed by atoms with Gasteiger partial charge in [-0.1, -0.05) is 0 Å². The third kappa shape index (κ3) is 14.3. The van der Waals surface area contributed by atoms with E-state index in [0.717, 1.165) is 0 Å². The molecule has 0 saturated carbocycles. The van der Waals surface area contributed by atoms with Crippen LogP contribution in [0.1, 0.15) is 0 Å². The van der Waals surface area contributed by atoms with E-state index >= 15 is 0 Å². The van der Waals surface area contributed by atoms with Crippen LogP contribution in [0.3, 0.4) is 0 Å². The van der Waals surface area contributed by atoms with Crippen molar-refractivity contribution in [3.63, 3.8) is 0 Å². The van der Waals surface area contributed by atoms with Gasteiger partial charge in [-0.25, -0.2) is 25.1 Å². The van der Waals surface area contributed by atoms with Crippen LogP contribution in [-0.4, -0.2) is 147 Å². The summed E-state index contributed by atoms with van der Waals surface area (Å²) in [7, 11) is -33.4. The average Bonchev–Trinajstić information content (AvgIpc) is 3.06. The molecule has 262 valence electrons. The Morgan fingerprint density at radius 1 is 0.500 bits per heavy atom. The molecule has 0 amide bonds. The third-order valence-corrected chi connectivity index (χ3v) is 7.54. The molecule has 0 aromatic heterocycles. The molecule has 0 spiro atoms. The van der Waals surface area contributed by atoms with E-state index in [2.05, 4.69) is 25.1 Å². The van der Waals surface area contributed by atoms with Crippen LogP contribution in [-0.2, 0) is 102 Å². The first-order valence-corrected chi connectivity index (χ1v) is 18.5. The van der Waals surface area contributed by atoms with Gasteiger partial charge < -0.3 is 14.2 Å². The lowest BCUT2D eigenvalue weighted by atomic mass is 10.0. The van der Waals surface area contributed by atoms with E-state index in [0.29, 0.717) is 0 Å². The van der Waals surface area contributed by atoms with Gasteiger partial charge in [-0.2, -0.15) is 50.5 Å². The summed E-state index contributed by atoms with van der Waals surface area (Å²) >= 11 is 0. The molecule has 6 N–H and O–H groups in total. The second kappa shape index (κ2) is 14.1. The van der Waals surface area contributed by atoms with E-state index in [1.54, 1.807) is 0 Å². The molecule has 2 aliphatic heterocycles. The zero-order valence-corrected chi connectivity index (χ0v) is 25.3. The Hall–Kier alpha value is -0.900. The first-order chi connectivity index (χ1) is 19.5. The minimum Gasteiger partial charge on any atom is -0.364 e. The lowest BCUT2D eigenvalue weighted by molar-refractivity contribution is -0.278. The van der Waals surface area contributed by atoms with Gasteiger partial charge in [-0.15, -0.1) is 0 Å². The maximum absolute atomic E-state index is 11.5. The molecule has 2 fully saturated rings. The van der Waals surface area contributed by atoms with E-state index in [-0.39, 0.29) is 0 Å². The molecular weight excluding hydrogens is 756 g/mol. The van der Waals surface area contributed by atoms with Crippen LogP contribution in [0.5, 0.6) is 0 Å². The smallest absolute Gasteiger partial charge is 0.364 e. The van der Waals surface area contributed by atoms with E-state index in [1.807, 2.05) is 0 Å². The van der Waals surface area contributed by atoms with E-state index in [1.165, 1.54) is 0 Å². The molecule has 8 atom stereocenters. The van der Waals surface area contributed by atoms with Crippen LogP contribution in [0, 0.1) is 0 Å². The van der Waals surface area contributed by atoms with Crippen LogP contribution in [0.15, 0.2) is 0 Å². The summed E-state index contributed by atoms with van der Waals surface area (Å²) in [4.78, 5) is 0. The fourth-order valence-electron chi connectivity index (χ4n) is 3.55. The van der Waals surface area contributed by atoms with Crippen molar-refractivity contribution in [3.8, 4) is 0 Å². The zero-order chi connectivity index (χ0) is 34.1. The summed E-state index contributed by atoms with van der Waals surface area (Å²) in [6.07, 6.45) is -19.9. The Labute approximate surface area is 247 Å². The summed E-state index contributed by atoms with van der Waals surface area (Å²) in [6.45, 7) is -4.17.